The topological polar surface area (TPSA) is 29.5 Å². The normalized spacial score (nSPS) is 17.7. The van der Waals surface area contributed by atoms with E-state index in [1.807, 2.05) is 18.7 Å². The number of hydrogen-bond donors (Lipinski definition) is 0. The fourth-order valence-electron chi connectivity index (χ4n) is 1.66. The molecule has 3 nitrogen and oxygen atoms in total. The highest BCUT2D eigenvalue weighted by Crippen LogP contribution is 2.19. The third-order valence-electron chi connectivity index (χ3n) is 2.67. The first-order valence-corrected chi connectivity index (χ1v) is 6.71. The lowest BCUT2D eigenvalue weighted by molar-refractivity contribution is 0.00930. The monoisotopic (exact) mass is 277 g/mol. The van der Waals surface area contributed by atoms with Gasteiger partial charge < -0.3 is 9.64 Å². The Balaban J connectivity index is 2.39. The first-order valence-electron chi connectivity index (χ1n) is 5.59. The zero-order chi connectivity index (χ0) is 11.3. The predicted octanol–water partition coefficient (Wildman–Crippen LogP) is 3.17. The van der Waals surface area contributed by atoms with Crippen molar-refractivity contribution >= 4 is 22.0 Å². The Kier molecular flexibility index (Phi) is 4.90. The van der Waals surface area contributed by atoms with Crippen LogP contribution in [0.15, 0.2) is 0 Å². The number of halogens is 1. The van der Waals surface area contributed by atoms with Gasteiger partial charge in [0.05, 0.1) is 0 Å². The molecule has 0 radical (unpaired) electrons. The van der Waals surface area contributed by atoms with Gasteiger partial charge in [-0.25, -0.2) is 4.79 Å². The number of ether oxygens (including phenoxy) is 1. The maximum atomic E-state index is 11.8. The minimum absolute atomic E-state index is 0.152. The van der Waals surface area contributed by atoms with E-state index in [2.05, 4.69) is 15.9 Å². The quantitative estimate of drug-likeness (QED) is 0.742. The molecule has 0 bridgehead atoms. The number of amides is 1. The van der Waals surface area contributed by atoms with E-state index in [0.29, 0.717) is 0 Å². The Morgan fingerprint density at radius 2 is 1.93 bits per heavy atom. The lowest BCUT2D eigenvalue weighted by Crippen LogP contribution is -2.40. The van der Waals surface area contributed by atoms with Gasteiger partial charge in [0.25, 0.3) is 0 Å². The number of nitrogens with zero attached hydrogens (tertiary/aromatic N) is 1. The Hall–Kier alpha value is -0.250. The molecule has 0 atom stereocenters. The van der Waals surface area contributed by atoms with Crippen molar-refractivity contribution in [2.24, 2.45) is 0 Å². The molecule has 0 aliphatic carbocycles. The molecule has 0 unspecified atom stereocenters. The first-order chi connectivity index (χ1) is 7.05. The van der Waals surface area contributed by atoms with Gasteiger partial charge in [0, 0.05) is 18.4 Å². The fraction of sp³-hybridized carbons (Fsp3) is 0.909. The molecule has 15 heavy (non-hydrogen) atoms. The van der Waals surface area contributed by atoms with Crippen molar-refractivity contribution in [1.82, 2.24) is 4.90 Å². The van der Waals surface area contributed by atoms with Crippen LogP contribution >= 0.6 is 15.9 Å². The average Bonchev–Trinajstić information content (AvgIpc) is 2.18. The minimum atomic E-state index is -0.363. The molecule has 0 N–H and O–H groups in total. The van der Waals surface area contributed by atoms with Gasteiger partial charge in [0.15, 0.2) is 0 Å². The van der Waals surface area contributed by atoms with Crippen LogP contribution in [0.3, 0.4) is 0 Å². The summed E-state index contributed by atoms with van der Waals surface area (Å²) in [5.41, 5.74) is -0.363. The van der Waals surface area contributed by atoms with Crippen LogP contribution in [0.1, 0.15) is 39.5 Å². The van der Waals surface area contributed by atoms with Crippen LogP contribution < -0.4 is 0 Å². The Morgan fingerprint density at radius 3 is 2.47 bits per heavy atom. The molecule has 1 aliphatic heterocycles. The summed E-state index contributed by atoms with van der Waals surface area (Å²) in [6, 6.07) is 0. The molecular weight excluding hydrogens is 258 g/mol. The summed E-state index contributed by atoms with van der Waals surface area (Å²) in [5, 5.41) is 0.854. The molecule has 0 spiro atoms. The number of hydrogen-bond acceptors (Lipinski definition) is 2. The van der Waals surface area contributed by atoms with Crippen LogP contribution in [0.4, 0.5) is 4.79 Å². The van der Waals surface area contributed by atoms with E-state index in [1.54, 1.807) is 0 Å². The van der Waals surface area contributed by atoms with Gasteiger partial charge >= 0.3 is 6.09 Å². The maximum absolute atomic E-state index is 11.8. The molecule has 1 heterocycles. The molecule has 0 aromatic heterocycles. The average molecular weight is 278 g/mol. The van der Waals surface area contributed by atoms with Crippen LogP contribution in [-0.4, -0.2) is 35.0 Å². The van der Waals surface area contributed by atoms with Crippen molar-refractivity contribution in [2.75, 3.05) is 18.4 Å². The van der Waals surface area contributed by atoms with Crippen LogP contribution in [0.5, 0.6) is 0 Å². The van der Waals surface area contributed by atoms with Gasteiger partial charge in [-0.05, 0) is 39.5 Å². The highest BCUT2D eigenvalue weighted by molar-refractivity contribution is 9.09. The van der Waals surface area contributed by atoms with Gasteiger partial charge in [-0.1, -0.05) is 15.9 Å². The Labute approximate surface area is 100 Å². The van der Waals surface area contributed by atoms with E-state index in [-0.39, 0.29) is 11.7 Å². The number of carbonyl (C=O) groups is 1. The van der Waals surface area contributed by atoms with Crippen LogP contribution in [0.25, 0.3) is 0 Å². The van der Waals surface area contributed by atoms with Crippen LogP contribution in [-0.2, 0) is 4.74 Å². The van der Waals surface area contributed by atoms with Crippen LogP contribution in [0.2, 0.25) is 0 Å². The van der Waals surface area contributed by atoms with Crippen LogP contribution in [0, 0.1) is 0 Å². The predicted molar refractivity (Wildman–Crippen MR) is 64.4 cm³/mol. The summed E-state index contributed by atoms with van der Waals surface area (Å²) < 4.78 is 5.47. The number of piperidine rings is 1. The van der Waals surface area contributed by atoms with Gasteiger partial charge in [0.2, 0.25) is 0 Å². The van der Waals surface area contributed by atoms with Crippen molar-refractivity contribution in [3.05, 3.63) is 0 Å². The Bertz CT molecular complexity index is 213. The van der Waals surface area contributed by atoms with E-state index >= 15 is 0 Å². The van der Waals surface area contributed by atoms with E-state index < -0.39 is 0 Å². The summed E-state index contributed by atoms with van der Waals surface area (Å²) in [6.45, 7) is 5.61. The Morgan fingerprint density at radius 1 is 1.33 bits per heavy atom. The number of rotatable bonds is 3. The van der Waals surface area contributed by atoms with Crippen molar-refractivity contribution < 1.29 is 9.53 Å². The highest BCUT2D eigenvalue weighted by atomic mass is 79.9. The minimum Gasteiger partial charge on any atom is -0.443 e. The van der Waals surface area contributed by atoms with E-state index in [1.165, 1.54) is 6.42 Å². The largest absolute Gasteiger partial charge is 0.443 e. The number of alkyl halides is 1. The number of likely N-dealkylation sites (tertiary alicyclic amines) is 1. The zero-order valence-corrected chi connectivity index (χ0v) is 11.2. The molecule has 88 valence electrons. The highest BCUT2D eigenvalue weighted by Gasteiger charge is 2.26. The summed E-state index contributed by atoms with van der Waals surface area (Å²) in [6.07, 6.45) is 4.13. The summed E-state index contributed by atoms with van der Waals surface area (Å²) in [4.78, 5) is 13.6. The van der Waals surface area contributed by atoms with E-state index in [0.717, 1.165) is 37.7 Å². The molecule has 1 amide bonds. The molecule has 1 aliphatic rings. The fourth-order valence-corrected chi connectivity index (χ4v) is 2.61. The maximum Gasteiger partial charge on any atom is 0.410 e. The van der Waals surface area contributed by atoms with Gasteiger partial charge in [-0.3, -0.25) is 0 Å². The molecule has 1 saturated heterocycles. The SMILES string of the molecule is CC(C)(CCBr)OC(=O)N1CCCCC1. The lowest BCUT2D eigenvalue weighted by Gasteiger charge is -2.31. The molecule has 0 aromatic carbocycles. The van der Waals surface area contributed by atoms with Gasteiger partial charge in [0.1, 0.15) is 5.60 Å². The second kappa shape index (κ2) is 5.73. The standard InChI is InChI=1S/C11H20BrNO2/c1-11(2,6-7-12)15-10(14)13-8-4-3-5-9-13/h3-9H2,1-2H3. The lowest BCUT2D eigenvalue weighted by atomic mass is 10.1. The zero-order valence-electron chi connectivity index (χ0n) is 9.59. The molecule has 0 aromatic rings. The van der Waals surface area contributed by atoms with Gasteiger partial charge in [-0.2, -0.15) is 0 Å². The molecular formula is C11H20BrNO2. The molecule has 4 heteroatoms. The third kappa shape index (κ3) is 4.41. The second-order valence-corrected chi connectivity index (χ2v) is 5.41. The van der Waals surface area contributed by atoms with Crippen molar-refractivity contribution in [3.8, 4) is 0 Å². The summed E-state index contributed by atoms with van der Waals surface area (Å²) in [5.74, 6) is 0. The third-order valence-corrected chi connectivity index (χ3v) is 3.07. The van der Waals surface area contributed by atoms with E-state index in [4.69, 9.17) is 4.74 Å². The van der Waals surface area contributed by atoms with E-state index in [9.17, 15) is 4.79 Å². The van der Waals surface area contributed by atoms with Crippen molar-refractivity contribution in [1.29, 1.82) is 0 Å². The first kappa shape index (κ1) is 12.8. The van der Waals surface area contributed by atoms with Crippen molar-refractivity contribution in [3.63, 3.8) is 0 Å². The summed E-state index contributed by atoms with van der Waals surface area (Å²) in [7, 11) is 0. The summed E-state index contributed by atoms with van der Waals surface area (Å²) >= 11 is 3.37. The molecule has 0 saturated carbocycles. The smallest absolute Gasteiger partial charge is 0.410 e. The number of carbonyl (C=O) groups excluding carboxylic acids is 1. The molecule has 1 rings (SSSR count). The van der Waals surface area contributed by atoms with Gasteiger partial charge in [-0.15, -0.1) is 0 Å². The molecule has 1 fully saturated rings. The van der Waals surface area contributed by atoms with Crippen molar-refractivity contribution in [2.45, 2.75) is 45.1 Å². The second-order valence-electron chi connectivity index (χ2n) is 4.61.